The fourth-order valence-corrected chi connectivity index (χ4v) is 3.60. The Morgan fingerprint density at radius 3 is 2.41 bits per heavy atom. The van der Waals surface area contributed by atoms with Crippen molar-refractivity contribution in [1.82, 2.24) is 4.98 Å². The van der Waals surface area contributed by atoms with Crippen LogP contribution < -0.4 is 11.5 Å². The van der Waals surface area contributed by atoms with Crippen LogP contribution in [0.4, 0.5) is 5.82 Å². The Kier molecular flexibility index (Phi) is 6.17. The van der Waals surface area contributed by atoms with Gasteiger partial charge >= 0.3 is 11.9 Å². The molecule has 1 amide bonds. The number of pyridine rings is 1. The normalized spacial score (nSPS) is 10.8. The Balaban J connectivity index is 2.87. The molecule has 0 spiro atoms. The van der Waals surface area contributed by atoms with E-state index in [1.807, 2.05) is 13.8 Å². The number of carbonyl (C=O) groups is 3. The highest BCUT2D eigenvalue weighted by Crippen LogP contribution is 2.37. The molecule has 0 saturated heterocycles. The molecule has 0 saturated carbocycles. The Labute approximate surface area is 160 Å². The average molecular weight is 391 g/mol. The number of aromatic nitrogens is 1. The molecule has 2 rings (SSSR count). The van der Waals surface area contributed by atoms with Gasteiger partial charge in [0.05, 0.1) is 17.9 Å². The molecule has 0 atom stereocenters. The van der Waals surface area contributed by atoms with E-state index in [2.05, 4.69) is 4.98 Å². The van der Waals surface area contributed by atoms with Crippen molar-refractivity contribution in [3.8, 4) is 10.4 Å². The first-order valence-corrected chi connectivity index (χ1v) is 9.11. The number of amides is 1. The Morgan fingerprint density at radius 2 is 1.93 bits per heavy atom. The molecule has 0 aromatic carbocycles. The summed E-state index contributed by atoms with van der Waals surface area (Å²) in [4.78, 5) is 40.7. The molecular weight excluding hydrogens is 370 g/mol. The van der Waals surface area contributed by atoms with Crippen molar-refractivity contribution in [2.24, 2.45) is 11.7 Å². The van der Waals surface area contributed by atoms with E-state index in [0.717, 1.165) is 11.3 Å². The van der Waals surface area contributed by atoms with Gasteiger partial charge in [0.15, 0.2) is 0 Å². The number of nitrogen functional groups attached to an aromatic ring is 1. The second kappa shape index (κ2) is 8.17. The highest BCUT2D eigenvalue weighted by molar-refractivity contribution is 7.17. The minimum Gasteiger partial charge on any atom is -0.477 e. The Bertz CT molecular complexity index is 905. The average Bonchev–Trinajstić information content (AvgIpc) is 3.03. The highest BCUT2D eigenvalue weighted by Gasteiger charge is 2.29. The Hall–Kier alpha value is -2.94. The number of aromatic carboxylic acids is 1. The van der Waals surface area contributed by atoms with Crippen LogP contribution in [0.15, 0.2) is 12.1 Å². The molecule has 27 heavy (non-hydrogen) atoms. The van der Waals surface area contributed by atoms with E-state index in [0.29, 0.717) is 17.0 Å². The van der Waals surface area contributed by atoms with Crippen LogP contribution in [-0.2, 0) is 11.2 Å². The molecule has 0 bridgehead atoms. The third kappa shape index (κ3) is 4.25. The summed E-state index contributed by atoms with van der Waals surface area (Å²) in [7, 11) is 0. The Morgan fingerprint density at radius 1 is 1.26 bits per heavy atom. The fourth-order valence-electron chi connectivity index (χ4n) is 2.70. The van der Waals surface area contributed by atoms with Gasteiger partial charge in [-0.05, 0) is 31.4 Å². The van der Waals surface area contributed by atoms with Crippen LogP contribution in [0.25, 0.3) is 10.4 Å². The zero-order chi connectivity index (χ0) is 20.3. The first-order chi connectivity index (χ1) is 12.7. The maximum Gasteiger partial charge on any atom is 0.345 e. The number of thiophene rings is 1. The molecule has 0 radical (unpaired) electrons. The number of esters is 1. The van der Waals surface area contributed by atoms with E-state index in [1.165, 1.54) is 12.1 Å². The smallest absolute Gasteiger partial charge is 0.345 e. The van der Waals surface area contributed by atoms with Gasteiger partial charge in [0.1, 0.15) is 16.3 Å². The van der Waals surface area contributed by atoms with Crippen LogP contribution in [0, 0.1) is 5.92 Å². The second-order valence-corrected chi connectivity index (χ2v) is 7.30. The second-order valence-electron chi connectivity index (χ2n) is 6.22. The molecule has 2 heterocycles. The van der Waals surface area contributed by atoms with E-state index in [-0.39, 0.29) is 39.9 Å². The lowest BCUT2D eigenvalue weighted by Crippen LogP contribution is -2.22. The number of nitrogens with two attached hydrogens (primary N) is 2. The number of anilines is 1. The van der Waals surface area contributed by atoms with Crippen LogP contribution >= 0.6 is 11.3 Å². The number of primary amides is 1. The van der Waals surface area contributed by atoms with E-state index in [1.54, 1.807) is 6.92 Å². The van der Waals surface area contributed by atoms with Crippen LogP contribution in [-0.4, -0.2) is 34.5 Å². The summed E-state index contributed by atoms with van der Waals surface area (Å²) in [5, 5.41) is 9.20. The van der Waals surface area contributed by atoms with Gasteiger partial charge in [-0.3, -0.25) is 4.79 Å². The zero-order valence-electron chi connectivity index (χ0n) is 15.2. The predicted octanol–water partition coefficient (Wildman–Crippen LogP) is 2.56. The zero-order valence-corrected chi connectivity index (χ0v) is 16.1. The standard InChI is InChI=1S/C18H21N3O5S/c1-4-26-18(25)14-13(10-5-6-11(27-10)17(23)24)12(16(20)22)9(7-8(2)3)21-15(14)19/h5-6,8H,4,7H2,1-3H3,(H2,19,21)(H2,20,22)(H,23,24). The number of rotatable bonds is 7. The molecule has 0 unspecified atom stereocenters. The van der Waals surface area contributed by atoms with Crippen LogP contribution in [0.3, 0.4) is 0 Å². The van der Waals surface area contributed by atoms with E-state index < -0.39 is 17.8 Å². The van der Waals surface area contributed by atoms with Crippen molar-refractivity contribution in [2.75, 3.05) is 12.3 Å². The summed E-state index contributed by atoms with van der Waals surface area (Å²) >= 11 is 0.913. The number of hydrogen-bond acceptors (Lipinski definition) is 7. The van der Waals surface area contributed by atoms with Gasteiger partial charge in [0.25, 0.3) is 5.91 Å². The van der Waals surface area contributed by atoms with Crippen LogP contribution in [0.5, 0.6) is 0 Å². The summed E-state index contributed by atoms with van der Waals surface area (Å²) in [5.41, 5.74) is 12.1. The van der Waals surface area contributed by atoms with Gasteiger partial charge in [0.2, 0.25) is 0 Å². The largest absolute Gasteiger partial charge is 0.477 e. The van der Waals surface area contributed by atoms with E-state index in [9.17, 15) is 19.5 Å². The summed E-state index contributed by atoms with van der Waals surface area (Å²) in [5.74, 6) is -2.58. The monoisotopic (exact) mass is 391 g/mol. The lowest BCUT2D eigenvalue weighted by atomic mass is 9.94. The minimum absolute atomic E-state index is 0.0519. The van der Waals surface area contributed by atoms with E-state index >= 15 is 0 Å². The number of hydrogen-bond donors (Lipinski definition) is 3. The number of nitrogens with zero attached hydrogens (tertiary/aromatic N) is 1. The third-order valence-corrected chi connectivity index (χ3v) is 4.78. The fraction of sp³-hybridized carbons (Fsp3) is 0.333. The van der Waals surface area contributed by atoms with Gasteiger partial charge < -0.3 is 21.3 Å². The van der Waals surface area contributed by atoms with Crippen molar-refractivity contribution in [3.63, 3.8) is 0 Å². The van der Waals surface area contributed by atoms with Crippen LogP contribution in [0.1, 0.15) is 56.9 Å². The minimum atomic E-state index is -1.12. The van der Waals surface area contributed by atoms with Gasteiger partial charge in [-0.2, -0.15) is 0 Å². The molecular formula is C18H21N3O5S. The van der Waals surface area contributed by atoms with Crippen molar-refractivity contribution in [1.29, 1.82) is 0 Å². The maximum absolute atomic E-state index is 12.5. The molecule has 9 heteroatoms. The number of ether oxygens (including phenoxy) is 1. The molecule has 144 valence electrons. The van der Waals surface area contributed by atoms with Crippen molar-refractivity contribution in [3.05, 3.63) is 33.8 Å². The summed E-state index contributed by atoms with van der Waals surface area (Å²) in [6.07, 6.45) is 0.412. The van der Waals surface area contributed by atoms with Gasteiger partial charge in [-0.15, -0.1) is 11.3 Å². The molecule has 2 aromatic rings. The first-order valence-electron chi connectivity index (χ1n) is 8.30. The third-order valence-electron chi connectivity index (χ3n) is 3.69. The number of carboxylic acids is 1. The lowest BCUT2D eigenvalue weighted by Gasteiger charge is -2.17. The van der Waals surface area contributed by atoms with E-state index in [4.69, 9.17) is 16.2 Å². The number of carbonyl (C=O) groups excluding carboxylic acids is 2. The SMILES string of the molecule is CCOC(=O)c1c(N)nc(CC(C)C)c(C(N)=O)c1-c1ccc(C(=O)O)s1. The first kappa shape index (κ1) is 20.4. The van der Waals surface area contributed by atoms with Gasteiger partial charge in [0, 0.05) is 10.4 Å². The molecule has 8 nitrogen and oxygen atoms in total. The molecule has 5 N–H and O–H groups in total. The summed E-state index contributed by atoms with van der Waals surface area (Å²) in [6.45, 7) is 5.61. The van der Waals surface area contributed by atoms with Gasteiger partial charge in [-0.25, -0.2) is 14.6 Å². The van der Waals surface area contributed by atoms with Crippen molar-refractivity contribution in [2.45, 2.75) is 27.2 Å². The molecule has 0 aliphatic heterocycles. The quantitative estimate of drug-likeness (QED) is 0.615. The predicted molar refractivity (Wildman–Crippen MR) is 102 cm³/mol. The molecule has 0 fully saturated rings. The summed E-state index contributed by atoms with van der Waals surface area (Å²) < 4.78 is 5.06. The lowest BCUT2D eigenvalue weighted by molar-refractivity contribution is 0.0527. The van der Waals surface area contributed by atoms with Crippen molar-refractivity contribution < 1.29 is 24.2 Å². The van der Waals surface area contributed by atoms with Crippen LogP contribution in [0.2, 0.25) is 0 Å². The van der Waals surface area contributed by atoms with Crippen molar-refractivity contribution >= 4 is 35.0 Å². The summed E-state index contributed by atoms with van der Waals surface area (Å²) in [6, 6.07) is 2.90. The van der Waals surface area contributed by atoms with Gasteiger partial charge in [-0.1, -0.05) is 13.8 Å². The number of carboxylic acid groups (broad SMARTS) is 1. The highest BCUT2D eigenvalue weighted by atomic mass is 32.1. The topological polar surface area (TPSA) is 146 Å². The molecule has 2 aromatic heterocycles. The molecule has 0 aliphatic carbocycles. The molecule has 0 aliphatic rings. The maximum atomic E-state index is 12.5.